The van der Waals surface area contributed by atoms with E-state index in [-0.39, 0.29) is 5.78 Å². The Bertz CT molecular complexity index is 1090. The number of hydrogen-bond acceptors (Lipinski definition) is 5. The van der Waals surface area contributed by atoms with E-state index in [2.05, 4.69) is 29.2 Å². The van der Waals surface area contributed by atoms with Crippen LogP contribution in [0.3, 0.4) is 0 Å². The second-order valence-electron chi connectivity index (χ2n) is 5.97. The predicted molar refractivity (Wildman–Crippen MR) is 107 cm³/mol. The highest BCUT2D eigenvalue weighted by atomic mass is 32.1. The van der Waals surface area contributed by atoms with Crippen LogP contribution in [0, 0.1) is 0 Å². The maximum Gasteiger partial charge on any atom is 0.225 e. The average Bonchev–Trinajstić information content (AvgIpc) is 3.26. The highest BCUT2D eigenvalue weighted by Gasteiger charge is 2.20. The molecule has 3 aromatic carbocycles. The van der Waals surface area contributed by atoms with Crippen LogP contribution < -0.4 is 9.47 Å². The summed E-state index contributed by atoms with van der Waals surface area (Å²) in [5.74, 6) is 0.796. The fourth-order valence-electron chi connectivity index (χ4n) is 2.96. The van der Waals surface area contributed by atoms with Crippen molar-refractivity contribution in [3.63, 3.8) is 0 Å². The van der Waals surface area contributed by atoms with Gasteiger partial charge in [0.15, 0.2) is 16.5 Å². The van der Waals surface area contributed by atoms with Crippen LogP contribution in [0.1, 0.15) is 20.9 Å². The second-order valence-corrected chi connectivity index (χ2v) is 6.87. The van der Waals surface area contributed by atoms with Crippen molar-refractivity contribution >= 4 is 27.9 Å². The van der Waals surface area contributed by atoms with Crippen LogP contribution in [-0.2, 0) is 6.61 Å². The van der Waals surface area contributed by atoms with Gasteiger partial charge in [-0.25, -0.2) is 4.98 Å². The molecule has 0 bridgehead atoms. The predicted octanol–water partition coefficient (Wildman–Crippen LogP) is 5.11. The Hall–Kier alpha value is -3.18. The molecule has 0 saturated heterocycles. The molecular weight excluding hydrogens is 358 g/mol. The summed E-state index contributed by atoms with van der Waals surface area (Å²) >= 11 is 1.31. The molecule has 1 aromatic heterocycles. The zero-order chi connectivity index (χ0) is 18.6. The number of ketones is 1. The number of hydrogen-bond donors (Lipinski definition) is 0. The van der Waals surface area contributed by atoms with Gasteiger partial charge in [0, 0.05) is 11.6 Å². The van der Waals surface area contributed by atoms with E-state index in [0.29, 0.717) is 28.7 Å². The number of benzene rings is 3. The Morgan fingerprint density at radius 1 is 1.04 bits per heavy atom. The van der Waals surface area contributed by atoms with Gasteiger partial charge in [0.2, 0.25) is 5.78 Å². The number of methoxy groups -OCH3 is 1. The number of para-hydroxylation sites is 1. The number of ether oxygens (including phenoxy) is 2. The summed E-state index contributed by atoms with van der Waals surface area (Å²) in [6.07, 6.45) is 1.62. The Morgan fingerprint density at radius 2 is 1.89 bits per heavy atom. The number of carbonyl (C=O) groups is 1. The summed E-state index contributed by atoms with van der Waals surface area (Å²) in [5, 5.41) is 4.56. The van der Waals surface area contributed by atoms with Crippen LogP contribution in [0.2, 0.25) is 0 Å². The molecule has 0 aliphatic carbocycles. The quantitative estimate of drug-likeness (QED) is 0.439. The number of fused-ring (bicyclic) bond motifs is 1. The molecule has 0 amide bonds. The number of nitrogens with zero attached hydrogens (tertiary/aromatic N) is 1. The van der Waals surface area contributed by atoms with Gasteiger partial charge in [0.1, 0.15) is 6.61 Å². The van der Waals surface area contributed by atoms with Gasteiger partial charge >= 0.3 is 0 Å². The van der Waals surface area contributed by atoms with E-state index in [9.17, 15) is 4.79 Å². The number of thiazole rings is 1. The molecule has 0 atom stereocenters. The summed E-state index contributed by atoms with van der Waals surface area (Å²) in [7, 11) is 1.54. The van der Waals surface area contributed by atoms with Crippen molar-refractivity contribution < 1.29 is 14.3 Å². The van der Waals surface area contributed by atoms with Crippen molar-refractivity contribution in [2.75, 3.05) is 7.11 Å². The van der Waals surface area contributed by atoms with E-state index < -0.39 is 0 Å². The van der Waals surface area contributed by atoms with Crippen LogP contribution in [-0.4, -0.2) is 17.9 Å². The van der Waals surface area contributed by atoms with Crippen LogP contribution in [0.15, 0.2) is 72.2 Å². The van der Waals surface area contributed by atoms with Gasteiger partial charge in [0.25, 0.3) is 0 Å². The van der Waals surface area contributed by atoms with Gasteiger partial charge in [-0.1, -0.05) is 42.5 Å². The number of aromatic nitrogens is 1. The highest BCUT2D eigenvalue weighted by Crippen LogP contribution is 2.33. The molecule has 1 heterocycles. The fourth-order valence-corrected chi connectivity index (χ4v) is 3.55. The average molecular weight is 375 g/mol. The summed E-state index contributed by atoms with van der Waals surface area (Å²) in [4.78, 5) is 16.8. The van der Waals surface area contributed by atoms with E-state index in [4.69, 9.17) is 9.47 Å². The normalized spacial score (nSPS) is 10.7. The van der Waals surface area contributed by atoms with Crippen LogP contribution in [0.4, 0.5) is 0 Å². The zero-order valence-corrected chi connectivity index (χ0v) is 15.5. The van der Waals surface area contributed by atoms with Gasteiger partial charge in [-0.3, -0.25) is 4.79 Å². The van der Waals surface area contributed by atoms with Crippen molar-refractivity contribution in [1.82, 2.24) is 4.98 Å². The van der Waals surface area contributed by atoms with E-state index >= 15 is 0 Å². The second kappa shape index (κ2) is 7.60. The van der Waals surface area contributed by atoms with E-state index in [0.717, 1.165) is 5.56 Å². The Kier molecular flexibility index (Phi) is 4.85. The van der Waals surface area contributed by atoms with Crippen molar-refractivity contribution in [1.29, 1.82) is 0 Å². The Labute approximate surface area is 161 Å². The Morgan fingerprint density at radius 3 is 2.67 bits per heavy atom. The molecule has 27 heavy (non-hydrogen) atoms. The molecule has 4 nitrogen and oxygen atoms in total. The highest BCUT2D eigenvalue weighted by molar-refractivity contribution is 7.11. The summed E-state index contributed by atoms with van der Waals surface area (Å²) in [6, 6.07) is 19.7. The molecule has 4 rings (SSSR count). The van der Waals surface area contributed by atoms with Gasteiger partial charge in [0.05, 0.1) is 12.7 Å². The fraction of sp³-hybridized carbons (Fsp3) is 0.0909. The first-order valence-corrected chi connectivity index (χ1v) is 9.36. The van der Waals surface area contributed by atoms with Crippen molar-refractivity contribution in [3.8, 4) is 11.5 Å². The van der Waals surface area contributed by atoms with Crippen LogP contribution in [0.5, 0.6) is 11.5 Å². The molecule has 0 N–H and O–H groups in total. The molecule has 0 radical (unpaired) electrons. The molecule has 0 spiro atoms. The molecule has 5 heteroatoms. The third-order valence-electron chi connectivity index (χ3n) is 4.26. The smallest absolute Gasteiger partial charge is 0.225 e. The maximum absolute atomic E-state index is 12.7. The van der Waals surface area contributed by atoms with Crippen LogP contribution in [0.25, 0.3) is 10.8 Å². The molecule has 134 valence electrons. The summed E-state index contributed by atoms with van der Waals surface area (Å²) < 4.78 is 11.5. The monoisotopic (exact) mass is 375 g/mol. The molecule has 0 aliphatic rings. The molecule has 0 unspecified atom stereocenters. The van der Waals surface area contributed by atoms with Gasteiger partial charge in [-0.15, -0.1) is 11.3 Å². The number of rotatable bonds is 6. The molecule has 0 saturated carbocycles. The van der Waals surface area contributed by atoms with Crippen molar-refractivity contribution in [3.05, 3.63) is 88.4 Å². The minimum Gasteiger partial charge on any atom is -0.492 e. The first kappa shape index (κ1) is 17.2. The summed E-state index contributed by atoms with van der Waals surface area (Å²) in [5.41, 5.74) is 1.50. The lowest BCUT2D eigenvalue weighted by Gasteiger charge is -2.14. The SMILES string of the molecule is COc1c(OCc2ccc3ccccc3c2)cccc1C(=O)c1nccs1. The molecule has 0 aliphatic heterocycles. The van der Waals surface area contributed by atoms with Gasteiger partial charge < -0.3 is 9.47 Å². The largest absolute Gasteiger partial charge is 0.492 e. The molecule has 4 aromatic rings. The van der Waals surface area contributed by atoms with Crippen LogP contribution >= 0.6 is 11.3 Å². The first-order valence-electron chi connectivity index (χ1n) is 8.48. The summed E-state index contributed by atoms with van der Waals surface area (Å²) in [6.45, 7) is 0.385. The lowest BCUT2D eigenvalue weighted by Crippen LogP contribution is -2.06. The molecule has 0 fully saturated rings. The third kappa shape index (κ3) is 3.55. The van der Waals surface area contributed by atoms with E-state index in [1.165, 1.54) is 29.2 Å². The minimum atomic E-state index is -0.169. The third-order valence-corrected chi connectivity index (χ3v) is 5.03. The topological polar surface area (TPSA) is 48.4 Å². The molecular formula is C22H17NO3S. The standard InChI is InChI=1S/C22H17NO3S/c1-25-21-18(20(24)22-23-11-12-27-22)7-4-8-19(21)26-14-15-9-10-16-5-2-3-6-17(16)13-15/h2-13H,14H2,1H3. The lowest BCUT2D eigenvalue weighted by molar-refractivity contribution is 0.103. The zero-order valence-electron chi connectivity index (χ0n) is 14.7. The van der Waals surface area contributed by atoms with Crippen molar-refractivity contribution in [2.45, 2.75) is 6.61 Å². The van der Waals surface area contributed by atoms with Gasteiger partial charge in [-0.05, 0) is 34.5 Å². The van der Waals surface area contributed by atoms with E-state index in [1.54, 1.807) is 29.8 Å². The first-order chi connectivity index (χ1) is 13.3. The Balaban J connectivity index is 1.59. The lowest BCUT2D eigenvalue weighted by atomic mass is 10.1. The maximum atomic E-state index is 12.7. The van der Waals surface area contributed by atoms with Gasteiger partial charge in [-0.2, -0.15) is 0 Å². The minimum absolute atomic E-state index is 0.169. The van der Waals surface area contributed by atoms with E-state index in [1.807, 2.05) is 18.2 Å². The van der Waals surface area contributed by atoms with Crippen molar-refractivity contribution in [2.24, 2.45) is 0 Å². The number of carbonyl (C=O) groups excluding carboxylic acids is 1.